The minimum atomic E-state index is 0. The summed E-state index contributed by atoms with van der Waals surface area (Å²) in [6.45, 7) is 5.48. The number of rotatable bonds is 6. The highest BCUT2D eigenvalue weighted by atomic mass is 127. The molecule has 5 nitrogen and oxygen atoms in total. The van der Waals surface area contributed by atoms with Gasteiger partial charge in [0.25, 0.3) is 0 Å². The van der Waals surface area contributed by atoms with Crippen molar-refractivity contribution in [1.29, 1.82) is 0 Å². The van der Waals surface area contributed by atoms with Gasteiger partial charge in [0, 0.05) is 31.2 Å². The Bertz CT molecular complexity index is 530. The molecule has 7 heteroatoms. The molecule has 0 atom stereocenters. The Morgan fingerprint density at radius 3 is 2.50 bits per heavy atom. The van der Waals surface area contributed by atoms with Crippen molar-refractivity contribution in [3.8, 4) is 0 Å². The molecule has 0 saturated carbocycles. The number of guanidine groups is 1. The number of likely N-dealkylation sites (tertiary alicyclic amines) is 1. The largest absolute Gasteiger partial charge is 0.357 e. The summed E-state index contributed by atoms with van der Waals surface area (Å²) in [6.07, 6.45) is 3.09. The van der Waals surface area contributed by atoms with Crippen LogP contribution in [-0.2, 0) is 11.2 Å². The molecule has 1 fully saturated rings. The lowest BCUT2D eigenvalue weighted by atomic mass is 10.1. The maximum atomic E-state index is 12.0. The van der Waals surface area contributed by atoms with Crippen LogP contribution < -0.4 is 10.6 Å². The molecule has 24 heavy (non-hydrogen) atoms. The number of nitrogens with one attached hydrogen (secondary N) is 2. The highest BCUT2D eigenvalue weighted by Gasteiger charge is 2.17. The Kier molecular flexibility index (Phi) is 10.1. The lowest BCUT2D eigenvalue weighted by Gasteiger charge is -2.15. The van der Waals surface area contributed by atoms with E-state index < -0.39 is 0 Å². The molecule has 2 rings (SSSR count). The summed E-state index contributed by atoms with van der Waals surface area (Å²) in [7, 11) is 0. The van der Waals surface area contributed by atoms with Crippen molar-refractivity contribution in [2.24, 2.45) is 4.99 Å². The predicted molar refractivity (Wildman–Crippen MR) is 110 cm³/mol. The number of amides is 1. The van der Waals surface area contributed by atoms with Gasteiger partial charge in [0.15, 0.2) is 5.96 Å². The number of halogens is 2. The van der Waals surface area contributed by atoms with Gasteiger partial charge in [0.05, 0.1) is 0 Å². The van der Waals surface area contributed by atoms with Gasteiger partial charge in [0.2, 0.25) is 5.91 Å². The van der Waals surface area contributed by atoms with E-state index >= 15 is 0 Å². The van der Waals surface area contributed by atoms with E-state index in [0.29, 0.717) is 5.96 Å². The summed E-state index contributed by atoms with van der Waals surface area (Å²) in [5, 5.41) is 7.18. The van der Waals surface area contributed by atoms with Crippen LogP contribution in [0.4, 0.5) is 0 Å². The number of hydrogen-bond acceptors (Lipinski definition) is 2. The fourth-order valence-electron chi connectivity index (χ4n) is 2.53. The Balaban J connectivity index is 0.00000288. The summed E-state index contributed by atoms with van der Waals surface area (Å²) in [5.74, 6) is 0.798. The topological polar surface area (TPSA) is 56.7 Å². The third-order valence-corrected chi connectivity index (χ3v) is 4.05. The molecule has 2 N–H and O–H groups in total. The Morgan fingerprint density at radius 1 is 1.21 bits per heavy atom. The van der Waals surface area contributed by atoms with Crippen LogP contribution in [-0.4, -0.2) is 49.5 Å². The maximum absolute atomic E-state index is 12.0. The van der Waals surface area contributed by atoms with Crippen LogP contribution in [0.1, 0.15) is 25.3 Å². The van der Waals surface area contributed by atoms with Gasteiger partial charge < -0.3 is 15.5 Å². The Labute approximate surface area is 166 Å². The number of hydrogen-bond donors (Lipinski definition) is 2. The average molecular weight is 465 g/mol. The highest BCUT2D eigenvalue weighted by Crippen LogP contribution is 2.09. The van der Waals surface area contributed by atoms with Crippen LogP contribution >= 0.6 is 35.6 Å². The molecule has 0 aliphatic carbocycles. The van der Waals surface area contributed by atoms with Gasteiger partial charge in [-0.25, -0.2) is 4.99 Å². The van der Waals surface area contributed by atoms with Gasteiger partial charge in [-0.3, -0.25) is 4.79 Å². The van der Waals surface area contributed by atoms with Crippen molar-refractivity contribution < 1.29 is 4.79 Å². The first-order chi connectivity index (χ1) is 11.2. The van der Waals surface area contributed by atoms with Crippen LogP contribution in [0.3, 0.4) is 0 Å². The molecule has 1 amide bonds. The van der Waals surface area contributed by atoms with E-state index in [2.05, 4.69) is 15.6 Å². The zero-order valence-corrected chi connectivity index (χ0v) is 17.1. The first-order valence-electron chi connectivity index (χ1n) is 8.23. The summed E-state index contributed by atoms with van der Waals surface area (Å²) in [6, 6.07) is 7.83. The molecule has 0 spiro atoms. The molecule has 0 bridgehead atoms. The van der Waals surface area contributed by atoms with Gasteiger partial charge in [-0.2, -0.15) is 0 Å². The molecule has 0 unspecified atom stereocenters. The first kappa shape index (κ1) is 21.0. The van der Waals surface area contributed by atoms with E-state index in [1.807, 2.05) is 36.1 Å². The van der Waals surface area contributed by atoms with Crippen LogP contribution in [0.5, 0.6) is 0 Å². The van der Waals surface area contributed by atoms with Gasteiger partial charge >= 0.3 is 0 Å². The second-order valence-corrected chi connectivity index (χ2v) is 6.02. The van der Waals surface area contributed by atoms with E-state index in [0.717, 1.165) is 50.5 Å². The van der Waals surface area contributed by atoms with Gasteiger partial charge in [0.1, 0.15) is 6.54 Å². The van der Waals surface area contributed by atoms with Crippen molar-refractivity contribution in [1.82, 2.24) is 15.5 Å². The summed E-state index contributed by atoms with van der Waals surface area (Å²) >= 11 is 5.88. The van der Waals surface area contributed by atoms with Crippen LogP contribution in [0.2, 0.25) is 5.02 Å². The van der Waals surface area contributed by atoms with E-state index in [1.54, 1.807) is 0 Å². The number of benzene rings is 1. The van der Waals surface area contributed by atoms with E-state index in [4.69, 9.17) is 11.6 Å². The lowest BCUT2D eigenvalue weighted by molar-refractivity contribution is -0.128. The molecular weight excluding hydrogens is 439 g/mol. The molecule has 1 heterocycles. The summed E-state index contributed by atoms with van der Waals surface area (Å²) < 4.78 is 0. The molecule has 1 aliphatic rings. The minimum Gasteiger partial charge on any atom is -0.357 e. The molecule has 134 valence electrons. The van der Waals surface area contributed by atoms with E-state index in [-0.39, 0.29) is 36.4 Å². The van der Waals surface area contributed by atoms with Crippen molar-refractivity contribution in [2.45, 2.75) is 26.2 Å². The molecular formula is C17H26ClIN4O. The highest BCUT2D eigenvalue weighted by molar-refractivity contribution is 14.0. The van der Waals surface area contributed by atoms with Crippen LogP contribution in [0.25, 0.3) is 0 Å². The summed E-state index contributed by atoms with van der Waals surface area (Å²) in [4.78, 5) is 18.3. The van der Waals surface area contributed by atoms with Gasteiger partial charge in [-0.15, -0.1) is 24.0 Å². The number of aliphatic imine (C=N–C) groups is 1. The molecule has 1 saturated heterocycles. The number of nitrogens with zero attached hydrogens (tertiary/aromatic N) is 2. The van der Waals surface area contributed by atoms with Gasteiger partial charge in [-0.1, -0.05) is 23.7 Å². The van der Waals surface area contributed by atoms with E-state index in [1.165, 1.54) is 5.56 Å². The average Bonchev–Trinajstić information content (AvgIpc) is 3.08. The zero-order chi connectivity index (χ0) is 16.5. The zero-order valence-electron chi connectivity index (χ0n) is 14.1. The predicted octanol–water partition coefficient (Wildman–Crippen LogP) is 2.68. The monoisotopic (exact) mass is 464 g/mol. The third kappa shape index (κ3) is 7.25. The molecule has 1 aromatic carbocycles. The quantitative estimate of drug-likeness (QED) is 0.387. The van der Waals surface area contributed by atoms with Crippen LogP contribution in [0.15, 0.2) is 29.3 Å². The van der Waals surface area contributed by atoms with Crippen molar-refractivity contribution in [3.05, 3.63) is 34.9 Å². The smallest absolute Gasteiger partial charge is 0.244 e. The molecule has 0 radical (unpaired) electrons. The molecule has 0 aromatic heterocycles. The number of carbonyl (C=O) groups is 1. The SMILES string of the molecule is CCNC(=NCC(=O)N1CCCC1)NCCc1ccc(Cl)cc1.I. The second-order valence-electron chi connectivity index (χ2n) is 5.59. The molecule has 1 aromatic rings. The van der Waals surface area contributed by atoms with E-state index in [9.17, 15) is 4.79 Å². The standard InChI is InChI=1S/C17H25ClN4O.HI/c1-2-19-17(21-13-16(23)22-11-3-4-12-22)20-10-9-14-5-7-15(18)8-6-14;/h5-8H,2-4,9-13H2,1H3,(H2,19,20,21);1H. The first-order valence-corrected chi connectivity index (χ1v) is 8.61. The maximum Gasteiger partial charge on any atom is 0.244 e. The molecule has 1 aliphatic heterocycles. The minimum absolute atomic E-state index is 0. The van der Waals surface area contributed by atoms with Crippen molar-refractivity contribution in [2.75, 3.05) is 32.7 Å². The fraction of sp³-hybridized carbons (Fsp3) is 0.529. The van der Waals surface area contributed by atoms with Crippen LogP contribution in [0, 0.1) is 0 Å². The Morgan fingerprint density at radius 2 is 1.88 bits per heavy atom. The second kappa shape index (κ2) is 11.5. The van der Waals surface area contributed by atoms with Gasteiger partial charge in [-0.05, 0) is 43.9 Å². The lowest BCUT2D eigenvalue weighted by Crippen LogP contribution is -2.39. The number of carbonyl (C=O) groups excluding carboxylic acids is 1. The summed E-state index contributed by atoms with van der Waals surface area (Å²) in [5.41, 5.74) is 1.21. The fourth-order valence-corrected chi connectivity index (χ4v) is 2.66. The normalized spacial score (nSPS) is 14.2. The van der Waals surface area contributed by atoms with Crippen molar-refractivity contribution >= 4 is 47.4 Å². The van der Waals surface area contributed by atoms with Crippen molar-refractivity contribution in [3.63, 3.8) is 0 Å². The Hall–Kier alpha value is -1.02. The third-order valence-electron chi connectivity index (χ3n) is 3.79.